The summed E-state index contributed by atoms with van der Waals surface area (Å²) in [5, 5.41) is 0. The summed E-state index contributed by atoms with van der Waals surface area (Å²) in [4.78, 5) is 16.7. The van der Waals surface area contributed by atoms with Gasteiger partial charge in [-0.25, -0.2) is 0 Å². The zero-order valence-corrected chi connectivity index (χ0v) is 13.6. The van der Waals surface area contributed by atoms with Crippen LogP contribution in [0, 0.1) is 5.92 Å². The number of nitrogens with zero attached hydrogens (tertiary/aromatic N) is 2. The van der Waals surface area contributed by atoms with Crippen LogP contribution in [0.4, 0.5) is 0 Å². The van der Waals surface area contributed by atoms with Crippen molar-refractivity contribution in [3.05, 3.63) is 0 Å². The van der Waals surface area contributed by atoms with Crippen LogP contribution in [0.15, 0.2) is 0 Å². The molecular weight excluding hydrogens is 284 g/mol. The third kappa shape index (κ3) is 4.19. The maximum absolute atomic E-state index is 12.4. The lowest BCUT2D eigenvalue weighted by atomic mass is 10.0. The van der Waals surface area contributed by atoms with Gasteiger partial charge >= 0.3 is 0 Å². The van der Waals surface area contributed by atoms with Gasteiger partial charge in [-0.3, -0.25) is 9.69 Å². The van der Waals surface area contributed by atoms with Gasteiger partial charge in [0.25, 0.3) is 0 Å². The minimum Gasteiger partial charge on any atom is -0.383 e. The summed E-state index contributed by atoms with van der Waals surface area (Å²) in [7, 11) is 1.72. The number of carbonyl (C=O) groups excluding carboxylic acids is 1. The number of rotatable bonds is 5. The van der Waals surface area contributed by atoms with Crippen molar-refractivity contribution in [1.29, 1.82) is 0 Å². The van der Waals surface area contributed by atoms with Crippen molar-refractivity contribution in [1.82, 2.24) is 9.80 Å². The van der Waals surface area contributed by atoms with Crippen molar-refractivity contribution in [3.63, 3.8) is 0 Å². The fourth-order valence-electron chi connectivity index (χ4n) is 3.33. The quantitative estimate of drug-likeness (QED) is 0.734. The topological polar surface area (TPSA) is 51.2 Å². The molecule has 1 unspecified atom stereocenters. The summed E-state index contributed by atoms with van der Waals surface area (Å²) in [5.41, 5.74) is -0.373. The molecule has 126 valence electrons. The van der Waals surface area contributed by atoms with Gasteiger partial charge in [-0.1, -0.05) is 0 Å². The van der Waals surface area contributed by atoms with E-state index < -0.39 is 0 Å². The first-order chi connectivity index (χ1) is 10.7. The van der Waals surface area contributed by atoms with E-state index in [2.05, 4.69) is 4.90 Å². The number of hydrogen-bond donors (Lipinski definition) is 0. The normalized spacial score (nSPS) is 30.5. The molecular formula is C16H28N2O4. The Bertz CT molecular complexity index is 388. The molecule has 1 atom stereocenters. The highest BCUT2D eigenvalue weighted by atomic mass is 16.5. The molecule has 22 heavy (non-hydrogen) atoms. The second-order valence-electron chi connectivity index (χ2n) is 6.82. The molecule has 2 heterocycles. The summed E-state index contributed by atoms with van der Waals surface area (Å²) in [5.74, 6) is 0.924. The molecule has 3 aliphatic rings. The van der Waals surface area contributed by atoms with E-state index in [4.69, 9.17) is 14.2 Å². The van der Waals surface area contributed by atoms with Crippen LogP contribution in [0.3, 0.4) is 0 Å². The monoisotopic (exact) mass is 312 g/mol. The van der Waals surface area contributed by atoms with Crippen molar-refractivity contribution in [2.75, 3.05) is 66.3 Å². The number of amides is 1. The molecule has 2 aliphatic heterocycles. The van der Waals surface area contributed by atoms with Gasteiger partial charge in [0, 0.05) is 39.7 Å². The van der Waals surface area contributed by atoms with E-state index in [1.54, 1.807) is 7.11 Å². The lowest BCUT2D eigenvalue weighted by molar-refractivity contribution is -0.162. The third-order valence-corrected chi connectivity index (χ3v) is 4.80. The lowest BCUT2D eigenvalue weighted by Crippen LogP contribution is -2.60. The van der Waals surface area contributed by atoms with Crippen molar-refractivity contribution in [2.45, 2.75) is 24.9 Å². The molecule has 0 aromatic heterocycles. The molecule has 2 saturated heterocycles. The van der Waals surface area contributed by atoms with Crippen molar-refractivity contribution in [3.8, 4) is 0 Å². The van der Waals surface area contributed by atoms with Gasteiger partial charge < -0.3 is 19.1 Å². The highest BCUT2D eigenvalue weighted by Crippen LogP contribution is 2.33. The zero-order valence-electron chi connectivity index (χ0n) is 13.6. The molecule has 1 saturated carbocycles. The van der Waals surface area contributed by atoms with Crippen LogP contribution in [-0.4, -0.2) is 87.6 Å². The van der Waals surface area contributed by atoms with E-state index in [-0.39, 0.29) is 11.5 Å². The van der Waals surface area contributed by atoms with Crippen molar-refractivity contribution in [2.24, 2.45) is 5.92 Å². The molecule has 0 bridgehead atoms. The fraction of sp³-hybridized carbons (Fsp3) is 0.938. The van der Waals surface area contributed by atoms with E-state index >= 15 is 0 Å². The summed E-state index contributed by atoms with van der Waals surface area (Å²) >= 11 is 0. The van der Waals surface area contributed by atoms with Gasteiger partial charge in [0.1, 0.15) is 5.60 Å². The maximum Gasteiger partial charge on any atom is 0.223 e. The SMILES string of the molecule is COCCN1CCOCC2(C1)CN(C(=O)CC1CC1)CCO2. The lowest BCUT2D eigenvalue weighted by Gasteiger charge is -2.43. The number of carbonyl (C=O) groups is 1. The minimum atomic E-state index is -0.373. The highest BCUT2D eigenvalue weighted by Gasteiger charge is 2.42. The summed E-state index contributed by atoms with van der Waals surface area (Å²) in [6, 6.07) is 0. The smallest absolute Gasteiger partial charge is 0.223 e. The summed E-state index contributed by atoms with van der Waals surface area (Å²) in [6.45, 7) is 6.55. The predicted molar refractivity (Wildman–Crippen MR) is 81.7 cm³/mol. The van der Waals surface area contributed by atoms with Gasteiger partial charge in [0.15, 0.2) is 0 Å². The Kier molecular flexibility index (Phi) is 5.33. The maximum atomic E-state index is 12.4. The molecule has 1 aliphatic carbocycles. The third-order valence-electron chi connectivity index (χ3n) is 4.80. The van der Waals surface area contributed by atoms with Crippen LogP contribution in [-0.2, 0) is 19.0 Å². The van der Waals surface area contributed by atoms with Gasteiger partial charge in [-0.2, -0.15) is 0 Å². The average Bonchev–Trinajstić information content (AvgIpc) is 3.34. The molecule has 3 rings (SSSR count). The molecule has 0 aromatic rings. The summed E-state index contributed by atoms with van der Waals surface area (Å²) < 4.78 is 17.1. The Morgan fingerprint density at radius 2 is 2.14 bits per heavy atom. The first kappa shape index (κ1) is 16.2. The molecule has 1 amide bonds. The van der Waals surface area contributed by atoms with Crippen LogP contribution in [0.1, 0.15) is 19.3 Å². The van der Waals surface area contributed by atoms with Crippen LogP contribution >= 0.6 is 0 Å². The zero-order chi connectivity index (χ0) is 15.4. The molecule has 0 aromatic carbocycles. The Labute approximate surface area is 132 Å². The predicted octanol–water partition coefficient (Wildman–Crippen LogP) is 0.363. The molecule has 3 fully saturated rings. The second-order valence-corrected chi connectivity index (χ2v) is 6.82. The Morgan fingerprint density at radius 3 is 2.91 bits per heavy atom. The second kappa shape index (κ2) is 7.25. The number of hydrogen-bond acceptors (Lipinski definition) is 5. The van der Waals surface area contributed by atoms with E-state index in [0.29, 0.717) is 51.9 Å². The molecule has 1 spiro atoms. The van der Waals surface area contributed by atoms with Gasteiger partial charge in [0.2, 0.25) is 5.91 Å². The standard InChI is InChI=1S/C16H28N2O4/c1-20-7-4-17-5-8-21-13-16(11-17)12-18(6-9-22-16)15(19)10-14-2-3-14/h14H,2-13H2,1H3. The van der Waals surface area contributed by atoms with E-state index in [0.717, 1.165) is 19.6 Å². The highest BCUT2D eigenvalue weighted by molar-refractivity contribution is 5.77. The Balaban J connectivity index is 1.60. The number of ether oxygens (including phenoxy) is 3. The molecule has 6 heteroatoms. The number of morpholine rings is 1. The first-order valence-corrected chi connectivity index (χ1v) is 8.41. The fourth-order valence-corrected chi connectivity index (χ4v) is 3.33. The summed E-state index contributed by atoms with van der Waals surface area (Å²) in [6.07, 6.45) is 3.15. The largest absolute Gasteiger partial charge is 0.383 e. The first-order valence-electron chi connectivity index (χ1n) is 8.41. The van der Waals surface area contributed by atoms with E-state index in [1.807, 2.05) is 4.90 Å². The molecule has 0 N–H and O–H groups in total. The minimum absolute atomic E-state index is 0.290. The van der Waals surface area contributed by atoms with Gasteiger partial charge in [-0.15, -0.1) is 0 Å². The van der Waals surface area contributed by atoms with Crippen LogP contribution in [0.5, 0.6) is 0 Å². The van der Waals surface area contributed by atoms with Gasteiger partial charge in [-0.05, 0) is 18.8 Å². The average molecular weight is 312 g/mol. The van der Waals surface area contributed by atoms with Crippen LogP contribution in [0.25, 0.3) is 0 Å². The molecule has 0 radical (unpaired) electrons. The van der Waals surface area contributed by atoms with Gasteiger partial charge in [0.05, 0.1) is 33.0 Å². The van der Waals surface area contributed by atoms with Crippen LogP contribution < -0.4 is 0 Å². The molecule has 6 nitrogen and oxygen atoms in total. The van der Waals surface area contributed by atoms with E-state index in [9.17, 15) is 4.79 Å². The Hall–Kier alpha value is -0.690. The number of methoxy groups -OCH3 is 1. The van der Waals surface area contributed by atoms with E-state index in [1.165, 1.54) is 12.8 Å². The van der Waals surface area contributed by atoms with Crippen LogP contribution in [0.2, 0.25) is 0 Å². The van der Waals surface area contributed by atoms with Crippen molar-refractivity contribution >= 4 is 5.91 Å². The Morgan fingerprint density at radius 1 is 1.27 bits per heavy atom. The van der Waals surface area contributed by atoms with Crippen molar-refractivity contribution < 1.29 is 19.0 Å².